The minimum Gasteiger partial charge on any atom is -0.469 e. The van der Waals surface area contributed by atoms with Crippen LogP contribution in [0.15, 0.2) is 60.0 Å². The van der Waals surface area contributed by atoms with Gasteiger partial charge in [-0.25, -0.2) is 0 Å². The Morgan fingerprint density at radius 1 is 1.05 bits per heavy atom. The minimum atomic E-state index is -0.260. The first-order chi connectivity index (χ1) is 19.0. The number of amides is 2. The van der Waals surface area contributed by atoms with E-state index in [1.54, 1.807) is 29.5 Å². The molecule has 0 aliphatic carbocycles. The van der Waals surface area contributed by atoms with Crippen molar-refractivity contribution in [2.24, 2.45) is 0 Å². The summed E-state index contributed by atoms with van der Waals surface area (Å²) in [4.78, 5) is 40.5. The lowest BCUT2D eigenvalue weighted by atomic mass is 10.1. The summed E-state index contributed by atoms with van der Waals surface area (Å²) in [7, 11) is 1.40. The number of nitrogens with zero attached hydrogens (tertiary/aromatic N) is 1. The van der Waals surface area contributed by atoms with Gasteiger partial charge in [0, 0.05) is 35.5 Å². The number of hydrogen-bond donors (Lipinski definition) is 3. The van der Waals surface area contributed by atoms with Crippen molar-refractivity contribution in [2.45, 2.75) is 51.0 Å². The van der Waals surface area contributed by atoms with Crippen molar-refractivity contribution in [2.75, 3.05) is 36.1 Å². The molecule has 4 N–H and O–H groups in total. The average molecular weight is 549 g/mol. The first-order valence-corrected chi connectivity index (χ1v) is 14.3. The number of carbonyl (C=O) groups excluding carboxylic acids is 3. The lowest BCUT2D eigenvalue weighted by Gasteiger charge is -2.29. The number of nitrogens with two attached hydrogens (primary N) is 1. The van der Waals surface area contributed by atoms with E-state index in [0.29, 0.717) is 29.8 Å². The maximum absolute atomic E-state index is 13.3. The van der Waals surface area contributed by atoms with Crippen LogP contribution < -0.4 is 21.3 Å². The number of carbonyl (C=O) groups is 3. The second-order valence-corrected chi connectivity index (χ2v) is 10.6. The number of methoxy groups -OCH3 is 1. The molecule has 8 nitrogen and oxygen atoms in total. The van der Waals surface area contributed by atoms with E-state index in [0.717, 1.165) is 61.3 Å². The van der Waals surface area contributed by atoms with Gasteiger partial charge in [0.15, 0.2) is 0 Å². The van der Waals surface area contributed by atoms with E-state index in [-0.39, 0.29) is 23.8 Å². The van der Waals surface area contributed by atoms with Crippen molar-refractivity contribution < 1.29 is 19.1 Å². The zero-order chi connectivity index (χ0) is 27.6. The highest BCUT2D eigenvalue weighted by Crippen LogP contribution is 2.31. The summed E-state index contributed by atoms with van der Waals surface area (Å²) in [6.07, 6.45) is 5.04. The lowest BCUT2D eigenvalue weighted by Crippen LogP contribution is -2.41. The molecule has 1 aromatic heterocycles. The molecule has 2 amide bonds. The number of nitrogen functional groups attached to an aromatic ring is 1. The maximum Gasteiger partial charge on any atom is 0.305 e. The number of rotatable bonds is 12. The van der Waals surface area contributed by atoms with E-state index in [2.05, 4.69) is 15.4 Å². The molecule has 1 aliphatic heterocycles. The predicted octanol–water partition coefficient (Wildman–Crippen LogP) is 5.46. The predicted molar refractivity (Wildman–Crippen MR) is 157 cm³/mol. The van der Waals surface area contributed by atoms with Gasteiger partial charge in [-0.15, -0.1) is 11.3 Å². The zero-order valence-electron chi connectivity index (χ0n) is 22.3. The van der Waals surface area contributed by atoms with Gasteiger partial charge in [0.2, 0.25) is 5.91 Å². The fourth-order valence-electron chi connectivity index (χ4n) is 4.77. The zero-order valence-corrected chi connectivity index (χ0v) is 23.1. The number of hydrogen-bond acceptors (Lipinski definition) is 7. The topological polar surface area (TPSA) is 114 Å². The standard InChI is InChI=1S/C30H36N4O4S/c1-38-29(36)9-5-3-2-4-8-28(35)34(24-16-17-32-20-24)23-13-10-21(11-14-23)30(37)33-26-19-22(12-15-25(26)31)27-7-6-18-39-27/h6-7,10-15,18-19,24,32H,2-5,8-9,16-17,20,31H2,1H3,(H,33,37)/t24-/m0/s1. The van der Waals surface area contributed by atoms with Gasteiger partial charge < -0.3 is 26.0 Å². The Kier molecular flexibility index (Phi) is 10.1. The Balaban J connectivity index is 1.38. The molecule has 3 aromatic rings. The number of anilines is 3. The third kappa shape index (κ3) is 7.68. The SMILES string of the molecule is COC(=O)CCCCCCC(=O)N(c1ccc(C(=O)Nc2cc(-c3cccs3)ccc2N)cc1)[C@H]1CCNC1. The van der Waals surface area contributed by atoms with Crippen molar-refractivity contribution >= 4 is 46.2 Å². The molecule has 0 unspecified atom stereocenters. The van der Waals surface area contributed by atoms with Crippen LogP contribution in [0.5, 0.6) is 0 Å². The van der Waals surface area contributed by atoms with Gasteiger partial charge in [-0.1, -0.05) is 25.0 Å². The first kappa shape index (κ1) is 28.3. The molecule has 2 aromatic carbocycles. The van der Waals surface area contributed by atoms with Crippen LogP contribution in [0.2, 0.25) is 0 Å². The van der Waals surface area contributed by atoms with Crippen molar-refractivity contribution in [3.63, 3.8) is 0 Å². The Hall–Kier alpha value is -3.69. The van der Waals surface area contributed by atoms with Crippen molar-refractivity contribution in [1.82, 2.24) is 5.32 Å². The average Bonchev–Trinajstić information content (AvgIpc) is 3.67. The van der Waals surface area contributed by atoms with Crippen molar-refractivity contribution in [1.29, 1.82) is 0 Å². The number of unbranched alkanes of at least 4 members (excludes halogenated alkanes) is 3. The molecular formula is C30H36N4O4S. The Labute approximate surface area is 233 Å². The molecule has 0 bridgehead atoms. The number of benzene rings is 2. The molecule has 206 valence electrons. The molecule has 1 atom stereocenters. The highest BCUT2D eigenvalue weighted by molar-refractivity contribution is 7.13. The fourth-order valence-corrected chi connectivity index (χ4v) is 5.49. The van der Waals surface area contributed by atoms with Crippen LogP contribution in [-0.4, -0.2) is 44.0 Å². The normalized spacial score (nSPS) is 14.6. The molecule has 9 heteroatoms. The van der Waals surface area contributed by atoms with Crippen molar-refractivity contribution in [3.8, 4) is 10.4 Å². The Morgan fingerprint density at radius 3 is 2.49 bits per heavy atom. The summed E-state index contributed by atoms with van der Waals surface area (Å²) in [6, 6.07) is 16.9. The van der Waals surface area contributed by atoms with E-state index >= 15 is 0 Å². The highest BCUT2D eigenvalue weighted by Gasteiger charge is 2.27. The summed E-state index contributed by atoms with van der Waals surface area (Å²) in [5, 5.41) is 8.28. The number of ether oxygens (including phenoxy) is 1. The first-order valence-electron chi connectivity index (χ1n) is 13.4. The molecule has 1 fully saturated rings. The maximum atomic E-state index is 13.3. The van der Waals surface area contributed by atoms with Gasteiger partial charge in [0.05, 0.1) is 24.5 Å². The third-order valence-corrected chi connectivity index (χ3v) is 7.85. The fraction of sp³-hybridized carbons (Fsp3) is 0.367. The van der Waals surface area contributed by atoms with E-state index < -0.39 is 0 Å². The second kappa shape index (κ2) is 13.9. The monoisotopic (exact) mass is 548 g/mol. The van der Waals surface area contributed by atoms with Crippen LogP contribution in [0, 0.1) is 0 Å². The number of nitrogens with one attached hydrogen (secondary N) is 2. The quantitative estimate of drug-likeness (QED) is 0.157. The van der Waals surface area contributed by atoms with Crippen LogP contribution >= 0.6 is 11.3 Å². The van der Waals surface area contributed by atoms with Crippen molar-refractivity contribution in [3.05, 3.63) is 65.5 Å². The largest absolute Gasteiger partial charge is 0.469 e. The van der Waals surface area contributed by atoms with E-state index in [4.69, 9.17) is 5.73 Å². The van der Waals surface area contributed by atoms with Crippen LogP contribution in [-0.2, 0) is 14.3 Å². The van der Waals surface area contributed by atoms with Crippen LogP contribution in [0.25, 0.3) is 10.4 Å². The summed E-state index contributed by atoms with van der Waals surface area (Å²) < 4.78 is 4.67. The van der Waals surface area contributed by atoms with E-state index in [1.165, 1.54) is 7.11 Å². The third-order valence-electron chi connectivity index (χ3n) is 6.93. The van der Waals surface area contributed by atoms with Gasteiger partial charge in [0.1, 0.15) is 0 Å². The Morgan fingerprint density at radius 2 is 1.82 bits per heavy atom. The van der Waals surface area contributed by atoms with E-state index in [1.807, 2.05) is 46.7 Å². The van der Waals surface area contributed by atoms with Crippen LogP contribution in [0.4, 0.5) is 17.1 Å². The smallest absolute Gasteiger partial charge is 0.305 e. The molecule has 39 heavy (non-hydrogen) atoms. The second-order valence-electron chi connectivity index (χ2n) is 9.68. The molecule has 1 saturated heterocycles. The highest BCUT2D eigenvalue weighted by atomic mass is 32.1. The minimum absolute atomic E-state index is 0.0760. The summed E-state index contributed by atoms with van der Waals surface area (Å²) in [6.45, 7) is 1.61. The van der Waals surface area contributed by atoms with Gasteiger partial charge in [0.25, 0.3) is 5.91 Å². The molecule has 1 aliphatic rings. The summed E-state index contributed by atoms with van der Waals surface area (Å²) in [5.41, 5.74) is 9.47. The lowest BCUT2D eigenvalue weighted by molar-refractivity contribution is -0.140. The number of thiophene rings is 1. The molecule has 0 saturated carbocycles. The summed E-state index contributed by atoms with van der Waals surface area (Å²) >= 11 is 1.63. The van der Waals surface area contributed by atoms with Gasteiger partial charge in [-0.3, -0.25) is 14.4 Å². The van der Waals surface area contributed by atoms with E-state index in [9.17, 15) is 14.4 Å². The Bertz CT molecular complexity index is 1250. The molecule has 2 heterocycles. The van der Waals surface area contributed by atoms with Crippen LogP contribution in [0.1, 0.15) is 55.3 Å². The van der Waals surface area contributed by atoms with Gasteiger partial charge in [-0.2, -0.15) is 0 Å². The van der Waals surface area contributed by atoms with Crippen LogP contribution in [0.3, 0.4) is 0 Å². The molecule has 0 radical (unpaired) electrons. The van der Waals surface area contributed by atoms with Gasteiger partial charge in [-0.05, 0) is 79.2 Å². The molecule has 4 rings (SSSR count). The molecule has 0 spiro atoms. The number of esters is 1. The summed E-state index contributed by atoms with van der Waals surface area (Å²) in [5.74, 6) is -0.380. The van der Waals surface area contributed by atoms with Gasteiger partial charge >= 0.3 is 5.97 Å². The molecular weight excluding hydrogens is 512 g/mol.